The number of carbonyl (C=O) groups excluding carboxylic acids is 1. The summed E-state index contributed by atoms with van der Waals surface area (Å²) >= 11 is 0. The van der Waals surface area contributed by atoms with E-state index in [1.807, 2.05) is 36.4 Å². The molecule has 0 spiro atoms. The molecule has 4 rings (SSSR count). The van der Waals surface area contributed by atoms with Gasteiger partial charge in [0.25, 0.3) is 5.91 Å². The number of nitrogens with one attached hydrogen (secondary N) is 1. The summed E-state index contributed by atoms with van der Waals surface area (Å²) in [6.45, 7) is 4.14. The number of nitrogens with zero attached hydrogens (tertiary/aromatic N) is 4. The molecule has 0 atom stereocenters. The molecule has 1 fully saturated rings. The Hall–Kier alpha value is -3.41. The van der Waals surface area contributed by atoms with E-state index in [2.05, 4.69) is 49.4 Å². The van der Waals surface area contributed by atoms with Crippen molar-refractivity contribution in [3.63, 3.8) is 0 Å². The molecule has 0 radical (unpaired) electrons. The van der Waals surface area contributed by atoms with Gasteiger partial charge in [-0.1, -0.05) is 24.3 Å². The van der Waals surface area contributed by atoms with E-state index in [1.54, 1.807) is 12.4 Å². The Balaban J connectivity index is 1.31. The molecule has 1 saturated heterocycles. The van der Waals surface area contributed by atoms with Crippen LogP contribution >= 0.6 is 0 Å². The lowest BCUT2D eigenvalue weighted by Crippen LogP contribution is -2.46. The number of amides is 1. The molecule has 1 aromatic carbocycles. The van der Waals surface area contributed by atoms with Crippen LogP contribution in [0.15, 0.2) is 73.1 Å². The van der Waals surface area contributed by atoms with Crippen LogP contribution in [0.4, 0.5) is 11.5 Å². The van der Waals surface area contributed by atoms with Crippen molar-refractivity contribution in [2.75, 3.05) is 36.0 Å². The monoisotopic (exact) mass is 373 g/mol. The lowest BCUT2D eigenvalue weighted by molar-refractivity contribution is 0.0950. The lowest BCUT2D eigenvalue weighted by Gasteiger charge is -2.36. The molecule has 6 heteroatoms. The van der Waals surface area contributed by atoms with Gasteiger partial charge in [-0.3, -0.25) is 9.78 Å². The topological polar surface area (TPSA) is 61.4 Å². The maximum absolute atomic E-state index is 12.3. The lowest BCUT2D eigenvalue weighted by atomic mass is 10.2. The van der Waals surface area contributed by atoms with E-state index in [1.165, 1.54) is 5.69 Å². The molecule has 0 bridgehead atoms. The van der Waals surface area contributed by atoms with E-state index in [0.717, 1.165) is 37.7 Å². The zero-order chi connectivity index (χ0) is 19.2. The Labute approximate surface area is 164 Å². The van der Waals surface area contributed by atoms with Gasteiger partial charge in [-0.05, 0) is 36.4 Å². The van der Waals surface area contributed by atoms with Crippen molar-refractivity contribution in [1.29, 1.82) is 0 Å². The summed E-state index contributed by atoms with van der Waals surface area (Å²) in [6, 6.07) is 19.9. The molecule has 0 saturated carbocycles. The molecule has 6 nitrogen and oxygen atoms in total. The number of aromatic nitrogens is 2. The van der Waals surface area contributed by atoms with E-state index < -0.39 is 0 Å². The number of hydrogen-bond acceptors (Lipinski definition) is 5. The van der Waals surface area contributed by atoms with Crippen LogP contribution in [0.25, 0.3) is 0 Å². The fraction of sp³-hybridized carbons (Fsp3) is 0.227. The Morgan fingerprint density at radius 1 is 0.857 bits per heavy atom. The van der Waals surface area contributed by atoms with Gasteiger partial charge < -0.3 is 15.1 Å². The second-order valence-electron chi connectivity index (χ2n) is 6.72. The molecule has 3 aromatic rings. The van der Waals surface area contributed by atoms with Crippen LogP contribution in [0, 0.1) is 0 Å². The molecule has 1 aliphatic rings. The molecular formula is C22H23N5O. The predicted octanol–water partition coefficient (Wildman–Crippen LogP) is 2.73. The summed E-state index contributed by atoms with van der Waals surface area (Å²) in [6.07, 6.45) is 3.36. The van der Waals surface area contributed by atoms with Crippen molar-refractivity contribution < 1.29 is 4.79 Å². The average Bonchev–Trinajstić information content (AvgIpc) is 2.79. The molecule has 28 heavy (non-hydrogen) atoms. The molecule has 3 heterocycles. The Morgan fingerprint density at radius 3 is 2.29 bits per heavy atom. The number of para-hydroxylation sites is 1. The minimum atomic E-state index is -0.140. The second-order valence-corrected chi connectivity index (χ2v) is 6.72. The highest BCUT2D eigenvalue weighted by atomic mass is 16.1. The van der Waals surface area contributed by atoms with Gasteiger partial charge in [-0.25, -0.2) is 4.98 Å². The first kappa shape index (κ1) is 18.0. The molecule has 1 N–H and O–H groups in total. The van der Waals surface area contributed by atoms with Gasteiger partial charge in [0.1, 0.15) is 5.82 Å². The Bertz CT molecular complexity index is 891. The van der Waals surface area contributed by atoms with Gasteiger partial charge in [-0.15, -0.1) is 0 Å². The molecule has 1 aliphatic heterocycles. The molecule has 0 aliphatic carbocycles. The quantitative estimate of drug-likeness (QED) is 0.745. The molecular weight excluding hydrogens is 350 g/mol. The predicted molar refractivity (Wildman–Crippen MR) is 111 cm³/mol. The average molecular weight is 373 g/mol. The van der Waals surface area contributed by atoms with E-state index >= 15 is 0 Å². The second kappa shape index (κ2) is 8.52. The number of hydrogen-bond donors (Lipinski definition) is 1. The van der Waals surface area contributed by atoms with Gasteiger partial charge in [0, 0.05) is 44.3 Å². The van der Waals surface area contributed by atoms with Crippen LogP contribution < -0.4 is 15.1 Å². The largest absolute Gasteiger partial charge is 0.368 e. The highest BCUT2D eigenvalue weighted by Crippen LogP contribution is 2.19. The number of pyridine rings is 2. The van der Waals surface area contributed by atoms with Crippen LogP contribution in [-0.4, -0.2) is 42.1 Å². The van der Waals surface area contributed by atoms with E-state index in [0.29, 0.717) is 12.1 Å². The van der Waals surface area contributed by atoms with Gasteiger partial charge >= 0.3 is 0 Å². The highest BCUT2D eigenvalue weighted by molar-refractivity contribution is 5.94. The standard InChI is InChI=1S/C22H23N5O/c28-22(25-17-19-6-4-5-11-23-19)18-9-10-21(24-16-18)27-14-12-26(13-15-27)20-7-2-1-3-8-20/h1-11,16H,12-15,17H2,(H,25,28). The van der Waals surface area contributed by atoms with Crippen molar-refractivity contribution in [1.82, 2.24) is 15.3 Å². The summed E-state index contributed by atoms with van der Waals surface area (Å²) < 4.78 is 0. The zero-order valence-electron chi connectivity index (χ0n) is 15.7. The fourth-order valence-electron chi connectivity index (χ4n) is 3.32. The van der Waals surface area contributed by atoms with Gasteiger partial charge in [0.05, 0.1) is 17.8 Å². The van der Waals surface area contributed by atoms with Crippen LogP contribution in [0.2, 0.25) is 0 Å². The van der Waals surface area contributed by atoms with Crippen molar-refractivity contribution in [2.24, 2.45) is 0 Å². The van der Waals surface area contributed by atoms with Crippen molar-refractivity contribution in [2.45, 2.75) is 6.54 Å². The van der Waals surface area contributed by atoms with Gasteiger partial charge in [-0.2, -0.15) is 0 Å². The SMILES string of the molecule is O=C(NCc1ccccn1)c1ccc(N2CCN(c3ccccc3)CC2)nc1. The van der Waals surface area contributed by atoms with Crippen molar-refractivity contribution in [3.05, 3.63) is 84.3 Å². The number of anilines is 2. The molecule has 1 amide bonds. The summed E-state index contributed by atoms with van der Waals surface area (Å²) in [5.74, 6) is 0.771. The minimum Gasteiger partial charge on any atom is -0.368 e. The van der Waals surface area contributed by atoms with Crippen LogP contribution in [-0.2, 0) is 6.54 Å². The van der Waals surface area contributed by atoms with Gasteiger partial charge in [0.15, 0.2) is 0 Å². The number of benzene rings is 1. The summed E-state index contributed by atoms with van der Waals surface area (Å²) in [7, 11) is 0. The highest BCUT2D eigenvalue weighted by Gasteiger charge is 2.18. The van der Waals surface area contributed by atoms with E-state index in [4.69, 9.17) is 0 Å². The first-order chi connectivity index (χ1) is 13.8. The first-order valence-electron chi connectivity index (χ1n) is 9.49. The molecule has 2 aromatic heterocycles. The third kappa shape index (κ3) is 4.28. The third-order valence-corrected chi connectivity index (χ3v) is 4.89. The minimum absolute atomic E-state index is 0.140. The number of carbonyl (C=O) groups is 1. The van der Waals surface area contributed by atoms with Gasteiger partial charge in [0.2, 0.25) is 0 Å². The van der Waals surface area contributed by atoms with E-state index in [9.17, 15) is 4.79 Å². The summed E-state index contributed by atoms with van der Waals surface area (Å²) in [5.41, 5.74) is 2.65. The summed E-state index contributed by atoms with van der Waals surface area (Å²) in [4.78, 5) is 25.7. The van der Waals surface area contributed by atoms with Crippen LogP contribution in [0.1, 0.15) is 16.1 Å². The normalized spacial score (nSPS) is 14.0. The maximum atomic E-state index is 12.3. The zero-order valence-corrected chi connectivity index (χ0v) is 15.7. The number of piperazine rings is 1. The third-order valence-electron chi connectivity index (χ3n) is 4.89. The Kier molecular flexibility index (Phi) is 5.47. The number of rotatable bonds is 5. The van der Waals surface area contributed by atoms with Crippen LogP contribution in [0.5, 0.6) is 0 Å². The summed E-state index contributed by atoms with van der Waals surface area (Å²) in [5, 5.41) is 2.88. The van der Waals surface area contributed by atoms with E-state index in [-0.39, 0.29) is 5.91 Å². The Morgan fingerprint density at radius 2 is 1.61 bits per heavy atom. The fourth-order valence-corrected chi connectivity index (χ4v) is 3.32. The molecule has 142 valence electrons. The first-order valence-corrected chi connectivity index (χ1v) is 9.49. The van der Waals surface area contributed by atoms with Crippen molar-refractivity contribution in [3.8, 4) is 0 Å². The van der Waals surface area contributed by atoms with Crippen LogP contribution in [0.3, 0.4) is 0 Å². The van der Waals surface area contributed by atoms with Crippen molar-refractivity contribution >= 4 is 17.4 Å². The smallest absolute Gasteiger partial charge is 0.253 e. The molecule has 0 unspecified atom stereocenters. The maximum Gasteiger partial charge on any atom is 0.253 e.